The second-order valence-electron chi connectivity index (χ2n) is 9.52. The van der Waals surface area contributed by atoms with Crippen molar-refractivity contribution >= 4 is 17.1 Å². The topological polar surface area (TPSA) is 47.3 Å². The Kier molecular flexibility index (Phi) is 5.61. The molecule has 3 heteroatoms. The fraction of sp³-hybridized carbons (Fsp3) is 0.308. The summed E-state index contributed by atoms with van der Waals surface area (Å²) in [5.74, 6) is 1.56. The van der Waals surface area contributed by atoms with Crippen LogP contribution in [0.15, 0.2) is 66.7 Å². The van der Waals surface area contributed by atoms with Gasteiger partial charge in [-0.3, -0.25) is 0 Å². The summed E-state index contributed by atoms with van der Waals surface area (Å²) < 4.78 is 6.11. The molecule has 3 N–H and O–H groups in total. The quantitative estimate of drug-likeness (QED) is 0.458. The second-order valence-corrected chi connectivity index (χ2v) is 9.52. The minimum Gasteiger partial charge on any atom is -0.455 e. The number of rotatable bonds is 4. The molecule has 0 atom stereocenters. The van der Waals surface area contributed by atoms with Gasteiger partial charge in [0, 0.05) is 0 Å². The number of nitrogens with two attached hydrogens (primary N) is 1. The summed E-state index contributed by atoms with van der Waals surface area (Å²) in [6.07, 6.45) is 0. The van der Waals surface area contributed by atoms with E-state index in [0.29, 0.717) is 0 Å². The maximum atomic E-state index is 6.63. The van der Waals surface area contributed by atoms with Gasteiger partial charge in [0.05, 0.1) is 17.1 Å². The smallest absolute Gasteiger partial charge is 0.150 e. The highest BCUT2D eigenvalue weighted by atomic mass is 16.5. The first kappa shape index (κ1) is 20.8. The normalized spacial score (nSPS) is 11.9. The molecule has 0 saturated heterocycles. The van der Waals surface area contributed by atoms with Gasteiger partial charge in [-0.15, -0.1) is 0 Å². The van der Waals surface area contributed by atoms with Gasteiger partial charge in [-0.25, -0.2) is 0 Å². The van der Waals surface area contributed by atoms with Crippen LogP contribution in [0.25, 0.3) is 0 Å². The first-order chi connectivity index (χ1) is 13.6. The zero-order chi connectivity index (χ0) is 21.2. The molecular weight excluding hydrogens is 356 g/mol. The highest BCUT2D eigenvalue weighted by molar-refractivity contribution is 5.79. The number of nitrogen functional groups attached to an aromatic ring is 1. The van der Waals surface area contributed by atoms with Gasteiger partial charge in [-0.1, -0.05) is 77.9 Å². The van der Waals surface area contributed by atoms with Crippen molar-refractivity contribution in [1.29, 1.82) is 0 Å². The van der Waals surface area contributed by atoms with Crippen LogP contribution >= 0.6 is 0 Å². The van der Waals surface area contributed by atoms with E-state index in [9.17, 15) is 0 Å². The number of anilines is 3. The monoisotopic (exact) mass is 388 g/mol. The highest BCUT2D eigenvalue weighted by Crippen LogP contribution is 2.40. The van der Waals surface area contributed by atoms with Crippen LogP contribution in [0.2, 0.25) is 0 Å². The SMILES string of the molecule is CC(C)(C)c1cc(Nc2ccccc2Oc2ccccc2)c(N)c(C(C)(C)C)c1. The van der Waals surface area contributed by atoms with Gasteiger partial charge in [0.1, 0.15) is 5.75 Å². The minimum atomic E-state index is -0.0537. The van der Waals surface area contributed by atoms with Gasteiger partial charge in [-0.05, 0) is 52.3 Å². The zero-order valence-electron chi connectivity index (χ0n) is 18.3. The third kappa shape index (κ3) is 4.92. The van der Waals surface area contributed by atoms with Gasteiger partial charge in [-0.2, -0.15) is 0 Å². The number of para-hydroxylation sites is 3. The van der Waals surface area contributed by atoms with Crippen LogP contribution in [0.1, 0.15) is 52.7 Å². The van der Waals surface area contributed by atoms with E-state index in [0.717, 1.165) is 34.1 Å². The maximum absolute atomic E-state index is 6.63. The van der Waals surface area contributed by atoms with Gasteiger partial charge >= 0.3 is 0 Å². The van der Waals surface area contributed by atoms with E-state index in [1.54, 1.807) is 0 Å². The Morgan fingerprint density at radius 2 is 1.34 bits per heavy atom. The zero-order valence-corrected chi connectivity index (χ0v) is 18.3. The van der Waals surface area contributed by atoms with E-state index in [1.807, 2.05) is 54.6 Å². The second kappa shape index (κ2) is 7.82. The molecule has 3 nitrogen and oxygen atoms in total. The molecule has 0 unspecified atom stereocenters. The Labute approximate surface area is 174 Å². The molecule has 0 fully saturated rings. The van der Waals surface area contributed by atoms with Crippen LogP contribution in [0.5, 0.6) is 11.5 Å². The molecule has 0 aliphatic rings. The fourth-order valence-electron chi connectivity index (χ4n) is 3.23. The van der Waals surface area contributed by atoms with Crippen LogP contribution < -0.4 is 15.8 Å². The summed E-state index contributed by atoms with van der Waals surface area (Å²) in [4.78, 5) is 0. The third-order valence-electron chi connectivity index (χ3n) is 4.98. The summed E-state index contributed by atoms with van der Waals surface area (Å²) in [5.41, 5.74) is 11.6. The van der Waals surface area contributed by atoms with E-state index in [4.69, 9.17) is 10.5 Å². The summed E-state index contributed by atoms with van der Waals surface area (Å²) in [7, 11) is 0. The van der Waals surface area contributed by atoms with Crippen molar-refractivity contribution in [3.05, 3.63) is 77.9 Å². The van der Waals surface area contributed by atoms with Gasteiger partial charge in [0.15, 0.2) is 5.75 Å². The molecule has 152 valence electrons. The van der Waals surface area contributed by atoms with Crippen LogP contribution in [0, 0.1) is 0 Å². The van der Waals surface area contributed by atoms with Crippen molar-refractivity contribution in [3.8, 4) is 11.5 Å². The Hall–Kier alpha value is -2.94. The molecule has 0 saturated carbocycles. The van der Waals surface area contributed by atoms with E-state index >= 15 is 0 Å². The molecule has 3 aromatic carbocycles. The molecule has 29 heavy (non-hydrogen) atoms. The standard InChI is InChI=1S/C26H32N2O/c1-25(2,3)18-16-20(26(4,5)6)24(27)22(17-18)28-21-14-10-11-15-23(21)29-19-12-8-7-9-13-19/h7-17,28H,27H2,1-6H3. The van der Waals surface area contributed by atoms with E-state index in [2.05, 4.69) is 59.0 Å². The predicted octanol–water partition coefficient (Wildman–Crippen LogP) is 7.40. The van der Waals surface area contributed by atoms with Crippen molar-refractivity contribution < 1.29 is 4.74 Å². The third-order valence-corrected chi connectivity index (χ3v) is 4.98. The Balaban J connectivity index is 2.05. The van der Waals surface area contributed by atoms with Crippen molar-refractivity contribution in [2.75, 3.05) is 11.1 Å². The first-order valence-corrected chi connectivity index (χ1v) is 10.1. The van der Waals surface area contributed by atoms with Gasteiger partial charge in [0.2, 0.25) is 0 Å². The van der Waals surface area contributed by atoms with Crippen LogP contribution in [0.4, 0.5) is 17.1 Å². The molecule has 3 aromatic rings. The molecule has 3 rings (SSSR count). The lowest BCUT2D eigenvalue weighted by molar-refractivity contribution is 0.485. The first-order valence-electron chi connectivity index (χ1n) is 10.1. The summed E-state index contributed by atoms with van der Waals surface area (Å²) in [6, 6.07) is 22.1. The molecule has 0 spiro atoms. The van der Waals surface area contributed by atoms with Crippen LogP contribution in [-0.4, -0.2) is 0 Å². The lowest BCUT2D eigenvalue weighted by Gasteiger charge is -2.28. The number of benzene rings is 3. The minimum absolute atomic E-state index is 0.0180. The predicted molar refractivity (Wildman–Crippen MR) is 124 cm³/mol. The van der Waals surface area contributed by atoms with Crippen LogP contribution in [-0.2, 0) is 10.8 Å². The fourth-order valence-corrected chi connectivity index (χ4v) is 3.23. The molecule has 0 amide bonds. The Morgan fingerprint density at radius 3 is 1.97 bits per heavy atom. The summed E-state index contributed by atoms with van der Waals surface area (Å²) >= 11 is 0. The maximum Gasteiger partial charge on any atom is 0.150 e. The van der Waals surface area contributed by atoms with E-state index in [1.165, 1.54) is 5.56 Å². The Morgan fingerprint density at radius 1 is 0.724 bits per heavy atom. The van der Waals surface area contributed by atoms with Crippen molar-refractivity contribution in [2.24, 2.45) is 0 Å². The average molecular weight is 389 g/mol. The largest absolute Gasteiger partial charge is 0.455 e. The van der Waals surface area contributed by atoms with Crippen molar-refractivity contribution in [1.82, 2.24) is 0 Å². The molecule has 0 bridgehead atoms. The molecule has 0 aliphatic heterocycles. The van der Waals surface area contributed by atoms with Gasteiger partial charge < -0.3 is 15.8 Å². The van der Waals surface area contributed by atoms with Crippen molar-refractivity contribution in [2.45, 2.75) is 52.4 Å². The van der Waals surface area contributed by atoms with E-state index in [-0.39, 0.29) is 10.8 Å². The molecule has 0 aromatic heterocycles. The molecular formula is C26H32N2O. The number of hydrogen-bond acceptors (Lipinski definition) is 3. The molecule has 0 radical (unpaired) electrons. The lowest BCUT2D eigenvalue weighted by Crippen LogP contribution is -2.19. The van der Waals surface area contributed by atoms with Gasteiger partial charge in [0.25, 0.3) is 0 Å². The van der Waals surface area contributed by atoms with Crippen molar-refractivity contribution in [3.63, 3.8) is 0 Å². The highest BCUT2D eigenvalue weighted by Gasteiger charge is 2.24. The molecule has 0 aliphatic carbocycles. The Bertz CT molecular complexity index is 980. The lowest BCUT2D eigenvalue weighted by atomic mass is 9.79. The average Bonchev–Trinajstić information content (AvgIpc) is 2.64. The summed E-state index contributed by atoms with van der Waals surface area (Å²) in [6.45, 7) is 13.3. The van der Waals surface area contributed by atoms with Crippen LogP contribution in [0.3, 0.4) is 0 Å². The number of nitrogens with one attached hydrogen (secondary N) is 1. The molecule has 0 heterocycles. The summed E-state index contributed by atoms with van der Waals surface area (Å²) in [5, 5.41) is 3.54. The number of ether oxygens (including phenoxy) is 1. The van der Waals surface area contributed by atoms with E-state index < -0.39 is 0 Å². The number of hydrogen-bond donors (Lipinski definition) is 2.